The van der Waals surface area contributed by atoms with Crippen molar-refractivity contribution < 1.29 is 14.0 Å². The molecule has 6 nitrogen and oxygen atoms in total. The Kier molecular flexibility index (Phi) is 5.01. The summed E-state index contributed by atoms with van der Waals surface area (Å²) in [5.74, 6) is 1.65. The zero-order valence-corrected chi connectivity index (χ0v) is 16.1. The van der Waals surface area contributed by atoms with Crippen LogP contribution in [0.1, 0.15) is 50.8 Å². The van der Waals surface area contributed by atoms with E-state index in [9.17, 15) is 9.59 Å². The van der Waals surface area contributed by atoms with Crippen molar-refractivity contribution in [3.05, 3.63) is 24.2 Å². The van der Waals surface area contributed by atoms with E-state index in [4.69, 9.17) is 4.42 Å². The third kappa shape index (κ3) is 3.27. The summed E-state index contributed by atoms with van der Waals surface area (Å²) >= 11 is 1.73. The van der Waals surface area contributed by atoms with Crippen LogP contribution in [0, 0.1) is 0 Å². The van der Waals surface area contributed by atoms with Gasteiger partial charge in [0.05, 0.1) is 17.2 Å². The SMILES string of the molecule is C[C@]12CCC(=O)N1[C@H](C(=O)NC[C@H](c1ccco1)N1CCCCC1)CS2. The molecule has 0 spiro atoms. The van der Waals surface area contributed by atoms with E-state index < -0.39 is 0 Å². The Morgan fingerprint density at radius 3 is 2.96 bits per heavy atom. The van der Waals surface area contributed by atoms with Crippen molar-refractivity contribution in [3.63, 3.8) is 0 Å². The Hall–Kier alpha value is -1.47. The first-order valence-corrected chi connectivity index (χ1v) is 10.6. The molecule has 1 N–H and O–H groups in total. The maximum atomic E-state index is 12.9. The predicted octanol–water partition coefficient (Wildman–Crippen LogP) is 2.38. The maximum Gasteiger partial charge on any atom is 0.243 e. The highest BCUT2D eigenvalue weighted by Crippen LogP contribution is 2.47. The fourth-order valence-electron chi connectivity index (χ4n) is 4.45. The average molecular weight is 378 g/mol. The minimum absolute atomic E-state index is 0.0370. The van der Waals surface area contributed by atoms with Gasteiger partial charge in [-0.2, -0.15) is 0 Å². The Morgan fingerprint density at radius 1 is 1.42 bits per heavy atom. The van der Waals surface area contributed by atoms with Gasteiger partial charge in [-0.05, 0) is 51.4 Å². The quantitative estimate of drug-likeness (QED) is 0.853. The fourth-order valence-corrected chi connectivity index (χ4v) is 5.88. The molecule has 3 aliphatic heterocycles. The first-order valence-electron chi connectivity index (χ1n) is 9.60. The van der Waals surface area contributed by atoms with Crippen LogP contribution in [0.15, 0.2) is 22.8 Å². The zero-order chi connectivity index (χ0) is 18.1. The predicted molar refractivity (Wildman–Crippen MR) is 101 cm³/mol. The molecule has 0 bridgehead atoms. The van der Waals surface area contributed by atoms with E-state index in [0.717, 1.165) is 25.3 Å². The highest BCUT2D eigenvalue weighted by atomic mass is 32.2. The number of carbonyl (C=O) groups is 2. The molecule has 1 aromatic rings. The molecule has 0 radical (unpaired) electrons. The Bertz CT molecular complexity index is 659. The summed E-state index contributed by atoms with van der Waals surface area (Å²) in [5, 5.41) is 3.11. The monoisotopic (exact) mass is 377 g/mol. The smallest absolute Gasteiger partial charge is 0.243 e. The molecule has 1 aromatic heterocycles. The standard InChI is InChI=1S/C19H27N3O3S/c1-19-8-7-17(23)22(19)15(13-26-19)18(24)20-12-14(16-6-5-11-25-16)21-9-3-2-4-10-21/h5-6,11,14-15H,2-4,7-10,12-13H2,1H3,(H,20,24)/t14-,15+,19+/m1/s1. The summed E-state index contributed by atoms with van der Waals surface area (Å²) in [6, 6.07) is 3.59. The van der Waals surface area contributed by atoms with E-state index in [2.05, 4.69) is 17.1 Å². The van der Waals surface area contributed by atoms with Gasteiger partial charge in [0.1, 0.15) is 11.8 Å². The molecule has 3 atom stereocenters. The number of hydrogen-bond donors (Lipinski definition) is 1. The average Bonchev–Trinajstić information content (AvgIpc) is 3.35. The van der Waals surface area contributed by atoms with Gasteiger partial charge in [-0.15, -0.1) is 11.8 Å². The lowest BCUT2D eigenvalue weighted by Gasteiger charge is -2.34. The molecule has 0 saturated carbocycles. The van der Waals surface area contributed by atoms with E-state index in [-0.39, 0.29) is 28.8 Å². The molecule has 4 rings (SSSR count). The number of furan rings is 1. The molecule has 142 valence electrons. The summed E-state index contributed by atoms with van der Waals surface area (Å²) in [5.41, 5.74) is 0. The second-order valence-corrected chi connectivity index (χ2v) is 9.14. The van der Waals surface area contributed by atoms with E-state index >= 15 is 0 Å². The highest BCUT2D eigenvalue weighted by Gasteiger charge is 2.52. The maximum absolute atomic E-state index is 12.9. The van der Waals surface area contributed by atoms with Crippen molar-refractivity contribution in [2.24, 2.45) is 0 Å². The minimum atomic E-state index is -0.349. The van der Waals surface area contributed by atoms with Crippen LogP contribution >= 0.6 is 11.8 Å². The molecule has 3 aliphatic rings. The Labute approximate surface area is 158 Å². The third-order valence-corrected chi connectivity index (χ3v) is 7.43. The lowest BCUT2D eigenvalue weighted by Crippen LogP contribution is -2.51. The van der Waals surface area contributed by atoms with E-state index in [1.54, 1.807) is 18.0 Å². The fraction of sp³-hybridized carbons (Fsp3) is 0.684. The largest absolute Gasteiger partial charge is 0.468 e. The number of fused-ring (bicyclic) bond motifs is 1. The molecule has 0 aromatic carbocycles. The van der Waals surface area contributed by atoms with Gasteiger partial charge in [-0.25, -0.2) is 0 Å². The van der Waals surface area contributed by atoms with Crippen LogP contribution in [-0.4, -0.2) is 57.9 Å². The van der Waals surface area contributed by atoms with Crippen molar-refractivity contribution in [1.29, 1.82) is 0 Å². The number of hydrogen-bond acceptors (Lipinski definition) is 5. The van der Waals surface area contributed by atoms with Crippen LogP contribution in [0.2, 0.25) is 0 Å². The second-order valence-electron chi connectivity index (χ2n) is 7.64. The van der Waals surface area contributed by atoms with Crippen molar-refractivity contribution in [3.8, 4) is 0 Å². The topological polar surface area (TPSA) is 65.8 Å². The minimum Gasteiger partial charge on any atom is -0.468 e. The third-order valence-electron chi connectivity index (χ3n) is 5.92. The van der Waals surface area contributed by atoms with Gasteiger partial charge < -0.3 is 14.6 Å². The number of carbonyl (C=O) groups excluding carboxylic acids is 2. The summed E-state index contributed by atoms with van der Waals surface area (Å²) in [4.78, 5) is 29.1. The molecular formula is C19H27N3O3S. The van der Waals surface area contributed by atoms with E-state index in [0.29, 0.717) is 18.7 Å². The van der Waals surface area contributed by atoms with Crippen LogP contribution in [-0.2, 0) is 9.59 Å². The lowest BCUT2D eigenvalue weighted by atomic mass is 10.1. The second kappa shape index (κ2) is 7.27. The zero-order valence-electron chi connectivity index (χ0n) is 15.3. The van der Waals surface area contributed by atoms with Crippen LogP contribution in [0.4, 0.5) is 0 Å². The van der Waals surface area contributed by atoms with Crippen LogP contribution in [0.5, 0.6) is 0 Å². The van der Waals surface area contributed by atoms with Crippen molar-refractivity contribution >= 4 is 23.6 Å². The van der Waals surface area contributed by atoms with Gasteiger partial charge in [-0.3, -0.25) is 14.5 Å². The number of nitrogens with zero attached hydrogens (tertiary/aromatic N) is 2. The molecule has 7 heteroatoms. The number of amides is 2. The normalized spacial score (nSPS) is 30.4. The highest BCUT2D eigenvalue weighted by molar-refractivity contribution is 8.01. The van der Waals surface area contributed by atoms with Crippen LogP contribution < -0.4 is 5.32 Å². The molecule has 3 saturated heterocycles. The number of likely N-dealkylation sites (tertiary alicyclic amines) is 1. The Morgan fingerprint density at radius 2 is 2.23 bits per heavy atom. The van der Waals surface area contributed by atoms with E-state index in [1.165, 1.54) is 19.3 Å². The number of thioether (sulfide) groups is 1. The lowest BCUT2D eigenvalue weighted by molar-refractivity contribution is -0.138. The summed E-state index contributed by atoms with van der Waals surface area (Å²) in [6.45, 7) is 4.66. The molecule has 4 heterocycles. The molecule has 3 fully saturated rings. The van der Waals surface area contributed by atoms with Gasteiger partial charge >= 0.3 is 0 Å². The summed E-state index contributed by atoms with van der Waals surface area (Å²) in [7, 11) is 0. The van der Waals surface area contributed by atoms with Gasteiger partial charge in [0.15, 0.2) is 0 Å². The molecule has 0 aliphatic carbocycles. The molecule has 2 amide bonds. The Balaban J connectivity index is 1.42. The first-order chi connectivity index (χ1) is 12.6. The van der Waals surface area contributed by atoms with Crippen molar-refractivity contribution in [1.82, 2.24) is 15.1 Å². The van der Waals surface area contributed by atoms with Gasteiger partial charge in [0, 0.05) is 18.7 Å². The number of rotatable bonds is 5. The van der Waals surface area contributed by atoms with Crippen molar-refractivity contribution in [2.45, 2.75) is 56.0 Å². The summed E-state index contributed by atoms with van der Waals surface area (Å²) in [6.07, 6.45) is 6.72. The van der Waals surface area contributed by atoms with E-state index in [1.807, 2.05) is 17.0 Å². The molecular weight excluding hydrogens is 350 g/mol. The van der Waals surface area contributed by atoms with Gasteiger partial charge in [-0.1, -0.05) is 6.42 Å². The van der Waals surface area contributed by atoms with Gasteiger partial charge in [0.2, 0.25) is 11.8 Å². The summed E-state index contributed by atoms with van der Waals surface area (Å²) < 4.78 is 5.65. The van der Waals surface area contributed by atoms with Gasteiger partial charge in [0.25, 0.3) is 0 Å². The number of piperidine rings is 1. The number of nitrogens with one attached hydrogen (secondary N) is 1. The van der Waals surface area contributed by atoms with Crippen LogP contribution in [0.3, 0.4) is 0 Å². The first kappa shape index (κ1) is 17.9. The molecule has 0 unspecified atom stereocenters. The van der Waals surface area contributed by atoms with Crippen LogP contribution in [0.25, 0.3) is 0 Å². The van der Waals surface area contributed by atoms with Crippen molar-refractivity contribution in [2.75, 3.05) is 25.4 Å². The molecule has 26 heavy (non-hydrogen) atoms.